The largest absolute Gasteiger partial charge is 0.369 e. The first-order chi connectivity index (χ1) is 8.09. The Balaban J connectivity index is 2.31. The van der Waals surface area contributed by atoms with Crippen molar-refractivity contribution in [3.63, 3.8) is 0 Å². The first kappa shape index (κ1) is 12.3. The second kappa shape index (κ2) is 4.98. The highest BCUT2D eigenvalue weighted by molar-refractivity contribution is 6.29. The van der Waals surface area contributed by atoms with Gasteiger partial charge in [0.1, 0.15) is 6.61 Å². The number of hydrogen-bond acceptors (Lipinski definition) is 4. The summed E-state index contributed by atoms with van der Waals surface area (Å²) in [6.45, 7) is 4.70. The van der Waals surface area contributed by atoms with Crippen LogP contribution in [0.25, 0.3) is 0 Å². The van der Waals surface area contributed by atoms with Gasteiger partial charge in [0.15, 0.2) is 11.0 Å². The van der Waals surface area contributed by atoms with E-state index in [2.05, 4.69) is 10.2 Å². The lowest BCUT2D eigenvalue weighted by Gasteiger charge is -2.36. The van der Waals surface area contributed by atoms with Crippen LogP contribution >= 0.6 is 11.6 Å². The Bertz CT molecular complexity index is 408. The van der Waals surface area contributed by atoms with Gasteiger partial charge in [-0.3, -0.25) is 9.69 Å². The molecule has 92 valence electrons. The zero-order valence-corrected chi connectivity index (χ0v) is 10.5. The Hall–Kier alpha value is -1.20. The fraction of sp³-hybridized carbons (Fsp3) is 0.545. The lowest BCUT2D eigenvalue weighted by atomic mass is 10.0. The number of ether oxygens (including phenoxy) is 1. The number of halogens is 1. The Morgan fingerprint density at radius 2 is 2.24 bits per heavy atom. The van der Waals surface area contributed by atoms with Gasteiger partial charge in [-0.25, -0.2) is 0 Å². The minimum Gasteiger partial charge on any atom is -0.369 e. The molecule has 1 aromatic heterocycles. The van der Waals surface area contributed by atoms with Gasteiger partial charge < -0.3 is 4.74 Å². The lowest BCUT2D eigenvalue weighted by Crippen LogP contribution is -2.52. The third kappa shape index (κ3) is 2.56. The summed E-state index contributed by atoms with van der Waals surface area (Å²) >= 11 is 5.68. The van der Waals surface area contributed by atoms with Gasteiger partial charge in [-0.05, 0) is 18.1 Å². The molecule has 0 saturated carbocycles. The summed E-state index contributed by atoms with van der Waals surface area (Å²) in [6.07, 6.45) is 0. The van der Waals surface area contributed by atoms with Crippen molar-refractivity contribution in [2.45, 2.75) is 19.9 Å². The molecule has 1 saturated heterocycles. The first-order valence-electron chi connectivity index (χ1n) is 5.48. The summed E-state index contributed by atoms with van der Waals surface area (Å²) in [6, 6.07) is 3.32. The van der Waals surface area contributed by atoms with Crippen LogP contribution < -0.4 is 4.90 Å². The van der Waals surface area contributed by atoms with E-state index in [0.29, 0.717) is 17.6 Å². The van der Waals surface area contributed by atoms with E-state index in [0.717, 1.165) is 0 Å². The monoisotopic (exact) mass is 255 g/mol. The number of morpholine rings is 1. The van der Waals surface area contributed by atoms with Crippen molar-refractivity contribution in [3.8, 4) is 0 Å². The molecule has 0 N–H and O–H groups in total. The summed E-state index contributed by atoms with van der Waals surface area (Å²) in [4.78, 5) is 13.5. The predicted octanol–water partition coefficient (Wildman–Crippen LogP) is 1.52. The van der Waals surface area contributed by atoms with Crippen molar-refractivity contribution < 1.29 is 9.53 Å². The minimum atomic E-state index is -0.0911. The Kier molecular flexibility index (Phi) is 3.59. The Morgan fingerprint density at radius 1 is 1.47 bits per heavy atom. The minimum absolute atomic E-state index is 0.00766. The van der Waals surface area contributed by atoms with Crippen LogP contribution in [0.4, 0.5) is 5.82 Å². The summed E-state index contributed by atoms with van der Waals surface area (Å²) in [5.41, 5.74) is 0. The molecular weight excluding hydrogens is 242 g/mol. The lowest BCUT2D eigenvalue weighted by molar-refractivity contribution is -0.128. The number of hydrogen-bond donors (Lipinski definition) is 0. The van der Waals surface area contributed by atoms with Gasteiger partial charge in [0.25, 0.3) is 5.91 Å². The molecule has 1 fully saturated rings. The molecule has 2 rings (SSSR count). The number of carbonyl (C=O) groups excluding carboxylic acids is 1. The van der Waals surface area contributed by atoms with Crippen molar-refractivity contribution in [1.29, 1.82) is 0 Å². The molecular formula is C11H14ClN3O2. The van der Waals surface area contributed by atoms with Gasteiger partial charge >= 0.3 is 0 Å². The summed E-state index contributed by atoms with van der Waals surface area (Å²) in [5.74, 6) is 0.727. The Morgan fingerprint density at radius 3 is 2.82 bits per heavy atom. The molecule has 17 heavy (non-hydrogen) atoms. The number of carbonyl (C=O) groups is 1. The van der Waals surface area contributed by atoms with Crippen molar-refractivity contribution >= 4 is 23.3 Å². The maximum Gasteiger partial charge on any atom is 0.254 e. The smallest absolute Gasteiger partial charge is 0.254 e. The van der Waals surface area contributed by atoms with Crippen LogP contribution in [0.15, 0.2) is 12.1 Å². The summed E-state index contributed by atoms with van der Waals surface area (Å²) in [7, 11) is 0. The van der Waals surface area contributed by atoms with E-state index in [-0.39, 0.29) is 24.5 Å². The molecule has 0 unspecified atom stereocenters. The topological polar surface area (TPSA) is 55.3 Å². The van der Waals surface area contributed by atoms with Crippen LogP contribution in [-0.4, -0.2) is 35.4 Å². The third-order valence-electron chi connectivity index (χ3n) is 2.75. The fourth-order valence-electron chi connectivity index (χ4n) is 1.82. The van der Waals surface area contributed by atoms with E-state index in [1.807, 2.05) is 13.8 Å². The number of aromatic nitrogens is 2. The highest BCUT2D eigenvalue weighted by Crippen LogP contribution is 2.22. The SMILES string of the molecule is CC(C)[C@H]1COCC(=O)N1c1ccc(Cl)nn1. The van der Waals surface area contributed by atoms with Crippen LogP contribution in [0.1, 0.15) is 13.8 Å². The van der Waals surface area contributed by atoms with Crippen LogP contribution in [-0.2, 0) is 9.53 Å². The van der Waals surface area contributed by atoms with Crippen molar-refractivity contribution in [3.05, 3.63) is 17.3 Å². The van der Waals surface area contributed by atoms with Crippen LogP contribution in [0, 0.1) is 5.92 Å². The molecule has 1 aliphatic rings. The molecule has 0 aliphatic carbocycles. The molecule has 0 bridgehead atoms. The van der Waals surface area contributed by atoms with E-state index in [1.165, 1.54) is 0 Å². The molecule has 5 nitrogen and oxygen atoms in total. The van der Waals surface area contributed by atoms with E-state index in [9.17, 15) is 4.79 Å². The standard InChI is InChI=1S/C11H14ClN3O2/c1-7(2)8-5-17-6-11(16)15(8)10-4-3-9(12)13-14-10/h3-4,7-8H,5-6H2,1-2H3/t8-/m1/s1. The first-order valence-corrected chi connectivity index (χ1v) is 5.86. The molecule has 1 atom stereocenters. The molecule has 1 aromatic rings. The highest BCUT2D eigenvalue weighted by Gasteiger charge is 2.33. The van der Waals surface area contributed by atoms with Gasteiger partial charge in [-0.2, -0.15) is 0 Å². The average Bonchev–Trinajstić information content (AvgIpc) is 2.30. The van der Waals surface area contributed by atoms with Crippen LogP contribution in [0.5, 0.6) is 0 Å². The van der Waals surface area contributed by atoms with Gasteiger partial charge in [-0.15, -0.1) is 10.2 Å². The second-order valence-corrected chi connectivity index (χ2v) is 4.69. The van der Waals surface area contributed by atoms with Crippen molar-refractivity contribution in [1.82, 2.24) is 10.2 Å². The number of rotatable bonds is 2. The van der Waals surface area contributed by atoms with Crippen molar-refractivity contribution in [2.24, 2.45) is 5.92 Å². The van der Waals surface area contributed by atoms with Gasteiger partial charge in [0.2, 0.25) is 0 Å². The predicted molar refractivity (Wildman–Crippen MR) is 64.0 cm³/mol. The molecule has 2 heterocycles. The Labute approximate surface area is 105 Å². The van der Waals surface area contributed by atoms with E-state index >= 15 is 0 Å². The molecule has 0 spiro atoms. The fourth-order valence-corrected chi connectivity index (χ4v) is 1.92. The van der Waals surface area contributed by atoms with E-state index in [4.69, 9.17) is 16.3 Å². The maximum absolute atomic E-state index is 11.9. The number of anilines is 1. The molecule has 1 amide bonds. The summed E-state index contributed by atoms with van der Waals surface area (Å²) < 4.78 is 5.27. The van der Waals surface area contributed by atoms with Crippen molar-refractivity contribution in [2.75, 3.05) is 18.1 Å². The molecule has 6 heteroatoms. The summed E-state index contributed by atoms with van der Waals surface area (Å²) in [5, 5.41) is 8.03. The van der Waals surface area contributed by atoms with Gasteiger partial charge in [0, 0.05) is 0 Å². The molecule has 1 aliphatic heterocycles. The normalized spacial score (nSPS) is 21.1. The maximum atomic E-state index is 11.9. The van der Waals surface area contributed by atoms with Gasteiger partial charge in [-0.1, -0.05) is 25.4 Å². The molecule has 0 radical (unpaired) electrons. The number of amides is 1. The second-order valence-electron chi connectivity index (χ2n) is 4.30. The van der Waals surface area contributed by atoms with Crippen LogP contribution in [0.3, 0.4) is 0 Å². The number of nitrogens with zero attached hydrogens (tertiary/aromatic N) is 3. The zero-order chi connectivity index (χ0) is 12.4. The zero-order valence-electron chi connectivity index (χ0n) is 9.76. The van der Waals surface area contributed by atoms with Crippen LogP contribution in [0.2, 0.25) is 5.15 Å². The van der Waals surface area contributed by atoms with E-state index in [1.54, 1.807) is 17.0 Å². The molecule has 0 aromatic carbocycles. The highest BCUT2D eigenvalue weighted by atomic mass is 35.5. The quantitative estimate of drug-likeness (QED) is 0.804. The van der Waals surface area contributed by atoms with E-state index < -0.39 is 0 Å². The average molecular weight is 256 g/mol. The van der Waals surface area contributed by atoms with Gasteiger partial charge in [0.05, 0.1) is 12.6 Å². The third-order valence-corrected chi connectivity index (χ3v) is 2.95.